The Morgan fingerprint density at radius 1 is 0.448 bits per heavy atom. The van der Waals surface area contributed by atoms with Crippen LogP contribution in [0, 0.1) is 35.5 Å². The van der Waals surface area contributed by atoms with Crippen LogP contribution in [0.3, 0.4) is 0 Å². The summed E-state index contributed by atoms with van der Waals surface area (Å²) in [5, 5.41) is 0. The Balaban J connectivity index is 1.32. The van der Waals surface area contributed by atoms with Crippen molar-refractivity contribution in [2.45, 2.75) is 149 Å². The lowest BCUT2D eigenvalue weighted by molar-refractivity contribution is 0.0981. The van der Waals surface area contributed by atoms with E-state index in [-0.39, 0.29) is 0 Å². The summed E-state index contributed by atoms with van der Waals surface area (Å²) in [7, 11) is 0. The second kappa shape index (κ2) is 13.4. The van der Waals surface area contributed by atoms with Crippen molar-refractivity contribution in [2.24, 2.45) is 35.5 Å². The van der Waals surface area contributed by atoms with Gasteiger partial charge in [-0.05, 0) is 80.5 Å². The molecule has 3 fully saturated rings. The monoisotopic (exact) mass is 402 g/mol. The fourth-order valence-electron chi connectivity index (χ4n) is 7.59. The Morgan fingerprint density at radius 3 is 1.66 bits per heavy atom. The molecule has 3 saturated carbocycles. The summed E-state index contributed by atoms with van der Waals surface area (Å²) >= 11 is 0. The highest BCUT2D eigenvalue weighted by Gasteiger charge is 2.34. The fourth-order valence-corrected chi connectivity index (χ4v) is 7.59. The van der Waals surface area contributed by atoms with Crippen molar-refractivity contribution in [3.05, 3.63) is 0 Å². The van der Waals surface area contributed by atoms with E-state index in [1.165, 1.54) is 51.4 Å². The average molecular weight is 403 g/mol. The van der Waals surface area contributed by atoms with Crippen molar-refractivity contribution in [3.8, 4) is 0 Å². The van der Waals surface area contributed by atoms with Gasteiger partial charge in [-0.15, -0.1) is 0 Å². The highest BCUT2D eigenvalue weighted by Crippen LogP contribution is 2.47. The van der Waals surface area contributed by atoms with Gasteiger partial charge in [-0.2, -0.15) is 0 Å². The zero-order chi connectivity index (χ0) is 20.3. The molecule has 3 aliphatic rings. The first kappa shape index (κ1) is 23.7. The second-order valence-electron chi connectivity index (χ2n) is 11.6. The molecule has 0 saturated heterocycles. The fraction of sp³-hybridized carbons (Fsp3) is 1.00. The van der Waals surface area contributed by atoms with Crippen LogP contribution in [-0.2, 0) is 0 Å². The summed E-state index contributed by atoms with van der Waals surface area (Å²) in [5.41, 5.74) is 0. The van der Waals surface area contributed by atoms with Crippen molar-refractivity contribution >= 4 is 0 Å². The standard InChI is InChI=1S/C29H54/c1-3-5-7-8-9-12-25-13-10-14-29(23-25)28-21-19-27(20-22-28)26-17-15-24(16-18-26)11-6-4-2/h24-29H,3-23H2,1-2H3/t24-,25-,26-,27?,28?,29+/m0/s1. The maximum atomic E-state index is 2.35. The third-order valence-electron chi connectivity index (χ3n) is 9.55. The molecule has 0 aromatic carbocycles. The highest BCUT2D eigenvalue weighted by molar-refractivity contribution is 4.86. The van der Waals surface area contributed by atoms with Crippen molar-refractivity contribution in [1.29, 1.82) is 0 Å². The average Bonchev–Trinajstić information content (AvgIpc) is 2.78. The molecule has 0 unspecified atom stereocenters. The summed E-state index contributed by atoms with van der Waals surface area (Å²) in [5.74, 6) is 6.60. The summed E-state index contributed by atoms with van der Waals surface area (Å²) in [6.07, 6.45) is 32.2. The van der Waals surface area contributed by atoms with E-state index in [2.05, 4.69) is 13.8 Å². The molecule has 0 heteroatoms. The molecule has 2 atom stereocenters. The molecule has 3 aliphatic carbocycles. The minimum Gasteiger partial charge on any atom is -0.0654 e. The third-order valence-corrected chi connectivity index (χ3v) is 9.55. The lowest BCUT2D eigenvalue weighted by atomic mass is 9.64. The minimum absolute atomic E-state index is 1.09. The van der Waals surface area contributed by atoms with Crippen molar-refractivity contribution in [2.75, 3.05) is 0 Å². The molecule has 170 valence electrons. The maximum absolute atomic E-state index is 2.35. The van der Waals surface area contributed by atoms with Crippen LogP contribution in [0.1, 0.15) is 149 Å². The largest absolute Gasteiger partial charge is 0.0654 e. The van der Waals surface area contributed by atoms with Crippen molar-refractivity contribution in [1.82, 2.24) is 0 Å². The Hall–Kier alpha value is 0. The van der Waals surface area contributed by atoms with E-state index < -0.39 is 0 Å². The molecule has 0 nitrogen and oxygen atoms in total. The van der Waals surface area contributed by atoms with Crippen molar-refractivity contribution in [3.63, 3.8) is 0 Å². The van der Waals surface area contributed by atoms with Gasteiger partial charge in [0.15, 0.2) is 0 Å². The topological polar surface area (TPSA) is 0 Å². The third kappa shape index (κ3) is 7.88. The molecule has 0 heterocycles. The number of hydrogen-bond donors (Lipinski definition) is 0. The quantitative estimate of drug-likeness (QED) is 0.301. The molecule has 0 aromatic rings. The SMILES string of the molecule is CCCCCCC[C@H]1CCC[C@@H](C2CCC([C@H]3CC[C@H](CCCC)CC3)CC2)C1. The molecule has 0 aromatic heterocycles. The van der Waals surface area contributed by atoms with Crippen LogP contribution < -0.4 is 0 Å². The van der Waals surface area contributed by atoms with Gasteiger partial charge in [0.2, 0.25) is 0 Å². The Kier molecular flexibility index (Phi) is 10.9. The van der Waals surface area contributed by atoms with Crippen LogP contribution in [0.15, 0.2) is 0 Å². The van der Waals surface area contributed by atoms with E-state index in [4.69, 9.17) is 0 Å². The van der Waals surface area contributed by atoms with E-state index in [1.54, 1.807) is 83.5 Å². The number of rotatable bonds is 11. The van der Waals surface area contributed by atoms with Crippen LogP contribution in [-0.4, -0.2) is 0 Å². The first-order valence-electron chi connectivity index (χ1n) is 14.3. The van der Waals surface area contributed by atoms with Gasteiger partial charge in [-0.1, -0.05) is 104 Å². The molecule has 0 radical (unpaired) electrons. The minimum atomic E-state index is 1.09. The Labute approximate surface area is 184 Å². The Bertz CT molecular complexity index is 396. The molecule has 0 spiro atoms. The molecular weight excluding hydrogens is 348 g/mol. The van der Waals surface area contributed by atoms with Crippen LogP contribution in [0.5, 0.6) is 0 Å². The van der Waals surface area contributed by atoms with E-state index in [0.717, 1.165) is 35.5 Å². The van der Waals surface area contributed by atoms with Gasteiger partial charge < -0.3 is 0 Å². The molecule has 0 aliphatic heterocycles. The summed E-state index contributed by atoms with van der Waals surface area (Å²) < 4.78 is 0. The van der Waals surface area contributed by atoms with Crippen molar-refractivity contribution < 1.29 is 0 Å². The van der Waals surface area contributed by atoms with Crippen LogP contribution >= 0.6 is 0 Å². The lowest BCUT2D eigenvalue weighted by Crippen LogP contribution is -2.30. The van der Waals surface area contributed by atoms with E-state index in [9.17, 15) is 0 Å². The van der Waals surface area contributed by atoms with Gasteiger partial charge in [0.25, 0.3) is 0 Å². The van der Waals surface area contributed by atoms with E-state index >= 15 is 0 Å². The van der Waals surface area contributed by atoms with Gasteiger partial charge in [-0.25, -0.2) is 0 Å². The number of hydrogen-bond acceptors (Lipinski definition) is 0. The van der Waals surface area contributed by atoms with Gasteiger partial charge in [0.05, 0.1) is 0 Å². The zero-order valence-electron chi connectivity index (χ0n) is 20.3. The molecular formula is C29H54. The molecule has 0 bridgehead atoms. The molecule has 3 rings (SSSR count). The molecule has 0 N–H and O–H groups in total. The van der Waals surface area contributed by atoms with E-state index in [1.807, 2.05) is 0 Å². The van der Waals surface area contributed by atoms with Crippen LogP contribution in [0.4, 0.5) is 0 Å². The lowest BCUT2D eigenvalue weighted by Gasteiger charge is -2.41. The smallest absolute Gasteiger partial charge is 0.0383 e. The molecule has 29 heavy (non-hydrogen) atoms. The van der Waals surface area contributed by atoms with Gasteiger partial charge in [0, 0.05) is 0 Å². The molecule has 0 amide bonds. The Morgan fingerprint density at radius 2 is 1.00 bits per heavy atom. The predicted octanol–water partition coefficient (Wildman–Crippen LogP) is 9.96. The van der Waals surface area contributed by atoms with Crippen LogP contribution in [0.25, 0.3) is 0 Å². The number of unbranched alkanes of at least 4 members (excludes halogenated alkanes) is 5. The normalized spacial score (nSPS) is 36.2. The van der Waals surface area contributed by atoms with Gasteiger partial charge in [0.1, 0.15) is 0 Å². The summed E-state index contributed by atoms with van der Waals surface area (Å²) in [6, 6.07) is 0. The first-order valence-corrected chi connectivity index (χ1v) is 14.3. The second-order valence-corrected chi connectivity index (χ2v) is 11.6. The maximum Gasteiger partial charge on any atom is -0.0383 e. The highest BCUT2D eigenvalue weighted by atomic mass is 14.4. The van der Waals surface area contributed by atoms with Crippen LogP contribution in [0.2, 0.25) is 0 Å². The van der Waals surface area contributed by atoms with E-state index in [0.29, 0.717) is 0 Å². The van der Waals surface area contributed by atoms with Gasteiger partial charge in [-0.3, -0.25) is 0 Å². The van der Waals surface area contributed by atoms with Gasteiger partial charge >= 0.3 is 0 Å². The summed E-state index contributed by atoms with van der Waals surface area (Å²) in [4.78, 5) is 0. The summed E-state index contributed by atoms with van der Waals surface area (Å²) in [6.45, 7) is 4.69. The first-order chi connectivity index (χ1) is 14.3. The predicted molar refractivity (Wildman–Crippen MR) is 129 cm³/mol. The zero-order valence-corrected chi connectivity index (χ0v) is 20.3.